The molecule has 1 aromatic carbocycles. The maximum atomic E-state index is 12.6. The zero-order valence-electron chi connectivity index (χ0n) is 20.4. The van der Waals surface area contributed by atoms with Crippen molar-refractivity contribution in [2.75, 3.05) is 18.4 Å². The molecule has 0 spiro atoms. The monoisotopic (exact) mass is 490 g/mol. The van der Waals surface area contributed by atoms with E-state index in [2.05, 4.69) is 48.2 Å². The second kappa shape index (κ2) is 10.8. The van der Waals surface area contributed by atoms with E-state index in [1.54, 1.807) is 18.3 Å². The zero-order chi connectivity index (χ0) is 24.9. The Bertz CT molecular complexity index is 1270. The maximum Gasteiger partial charge on any atom is 0.287 e. The molecule has 0 aliphatic rings. The minimum atomic E-state index is -0.231. The summed E-state index contributed by atoms with van der Waals surface area (Å²) in [7, 11) is 0. The molecular formula is C27H30N4O3S. The van der Waals surface area contributed by atoms with E-state index in [4.69, 9.17) is 4.42 Å². The zero-order valence-corrected chi connectivity index (χ0v) is 21.2. The number of carbonyl (C=O) groups excluding carboxylic acids is 2. The van der Waals surface area contributed by atoms with Gasteiger partial charge in [-0.15, -0.1) is 11.3 Å². The molecular weight excluding hydrogens is 460 g/mol. The van der Waals surface area contributed by atoms with Crippen molar-refractivity contribution in [2.45, 2.75) is 39.8 Å². The van der Waals surface area contributed by atoms with Crippen LogP contribution in [0.3, 0.4) is 0 Å². The number of nitrogens with zero attached hydrogens (tertiary/aromatic N) is 2. The van der Waals surface area contributed by atoms with Gasteiger partial charge in [0.15, 0.2) is 5.76 Å². The Morgan fingerprint density at radius 1 is 1.00 bits per heavy atom. The van der Waals surface area contributed by atoms with Crippen LogP contribution in [0.25, 0.3) is 21.5 Å². The third kappa shape index (κ3) is 5.96. The molecule has 0 saturated heterocycles. The molecule has 3 heterocycles. The van der Waals surface area contributed by atoms with E-state index in [0.29, 0.717) is 35.0 Å². The van der Waals surface area contributed by atoms with Crippen LogP contribution >= 0.6 is 11.3 Å². The van der Waals surface area contributed by atoms with Crippen LogP contribution in [0.5, 0.6) is 0 Å². The van der Waals surface area contributed by atoms with Crippen molar-refractivity contribution in [1.29, 1.82) is 0 Å². The number of aromatic nitrogens is 1. The van der Waals surface area contributed by atoms with Gasteiger partial charge < -0.3 is 15.1 Å². The molecule has 4 rings (SSSR count). The lowest BCUT2D eigenvalue weighted by atomic mass is 10.1. The van der Waals surface area contributed by atoms with Gasteiger partial charge in [0.25, 0.3) is 11.8 Å². The number of nitrogens with one attached hydrogen (secondary N) is 2. The fraction of sp³-hybridized carbons (Fsp3) is 0.296. The minimum absolute atomic E-state index is 0.175. The fourth-order valence-corrected chi connectivity index (χ4v) is 4.91. The lowest BCUT2D eigenvalue weighted by molar-refractivity contribution is 0.0912. The second-order valence-corrected chi connectivity index (χ2v) is 9.92. The predicted octanol–water partition coefficient (Wildman–Crippen LogP) is 5.66. The molecule has 3 aromatic heterocycles. The highest BCUT2D eigenvalue weighted by Crippen LogP contribution is 2.26. The van der Waals surface area contributed by atoms with Crippen molar-refractivity contribution in [3.05, 3.63) is 71.4 Å². The van der Waals surface area contributed by atoms with Crippen molar-refractivity contribution in [2.24, 2.45) is 0 Å². The first-order chi connectivity index (χ1) is 16.8. The standard InChI is InChI=1S/C27H30N4O3S/c1-17(2)31(18(3)4)15-14-28-25(32)23-12-11-22(34-23)19-7-9-21(10-8-19)30-26(33)24-16-20-6-5-13-29-27(20)35-24/h5-13,16-18H,14-15H2,1-4H3,(H,28,32)(H,30,33). The Kier molecular flexibility index (Phi) is 7.63. The molecule has 35 heavy (non-hydrogen) atoms. The number of hydrogen-bond donors (Lipinski definition) is 2. The average molecular weight is 491 g/mol. The van der Waals surface area contributed by atoms with Crippen LogP contribution in [0.15, 0.2) is 65.2 Å². The normalized spacial score (nSPS) is 11.5. The summed E-state index contributed by atoms with van der Waals surface area (Å²) in [5.74, 6) is 0.461. The molecule has 0 unspecified atom stereocenters. The van der Waals surface area contributed by atoms with Gasteiger partial charge in [-0.2, -0.15) is 0 Å². The molecule has 0 fully saturated rings. The highest BCUT2D eigenvalue weighted by atomic mass is 32.1. The molecule has 0 atom stereocenters. The number of pyridine rings is 1. The van der Waals surface area contributed by atoms with Gasteiger partial charge in [-0.25, -0.2) is 4.98 Å². The van der Waals surface area contributed by atoms with E-state index in [0.717, 1.165) is 22.3 Å². The molecule has 7 nitrogen and oxygen atoms in total. The van der Waals surface area contributed by atoms with Gasteiger partial charge >= 0.3 is 0 Å². The largest absolute Gasteiger partial charge is 0.451 e. The summed E-state index contributed by atoms with van der Waals surface area (Å²) in [5.41, 5.74) is 1.49. The van der Waals surface area contributed by atoms with E-state index in [1.807, 2.05) is 42.5 Å². The van der Waals surface area contributed by atoms with Gasteiger partial charge in [-0.05, 0) is 76.2 Å². The summed E-state index contributed by atoms with van der Waals surface area (Å²) in [6, 6.07) is 17.3. The van der Waals surface area contributed by atoms with Gasteiger partial charge in [0, 0.05) is 48.0 Å². The SMILES string of the molecule is CC(C)N(CCNC(=O)c1ccc(-c2ccc(NC(=O)c3cc4cccnc4s3)cc2)o1)C(C)C. The smallest absolute Gasteiger partial charge is 0.287 e. The maximum absolute atomic E-state index is 12.6. The van der Waals surface area contributed by atoms with E-state index in [-0.39, 0.29) is 17.6 Å². The first-order valence-electron chi connectivity index (χ1n) is 11.7. The Balaban J connectivity index is 1.34. The van der Waals surface area contributed by atoms with Gasteiger partial charge in [-0.3, -0.25) is 14.5 Å². The van der Waals surface area contributed by atoms with Crippen LogP contribution in [0.1, 0.15) is 47.9 Å². The number of amides is 2. The topological polar surface area (TPSA) is 87.5 Å². The summed E-state index contributed by atoms with van der Waals surface area (Å²) in [5, 5.41) is 6.80. The molecule has 2 N–H and O–H groups in total. The van der Waals surface area contributed by atoms with Crippen molar-refractivity contribution in [3.8, 4) is 11.3 Å². The number of furan rings is 1. The highest BCUT2D eigenvalue weighted by Gasteiger charge is 2.16. The van der Waals surface area contributed by atoms with E-state index < -0.39 is 0 Å². The van der Waals surface area contributed by atoms with E-state index in [9.17, 15) is 9.59 Å². The molecule has 0 radical (unpaired) electrons. The lowest BCUT2D eigenvalue weighted by Gasteiger charge is -2.30. The molecule has 0 saturated carbocycles. The van der Waals surface area contributed by atoms with Gasteiger partial charge in [0.2, 0.25) is 0 Å². The summed E-state index contributed by atoms with van der Waals surface area (Å²) in [6.45, 7) is 9.94. The summed E-state index contributed by atoms with van der Waals surface area (Å²) < 4.78 is 5.79. The molecule has 0 aliphatic heterocycles. The Labute approximate surface area is 209 Å². The first kappa shape index (κ1) is 24.6. The minimum Gasteiger partial charge on any atom is -0.451 e. The summed E-state index contributed by atoms with van der Waals surface area (Å²) in [6.07, 6.45) is 1.72. The molecule has 4 aromatic rings. The van der Waals surface area contributed by atoms with Crippen LogP contribution < -0.4 is 10.6 Å². The number of thiophene rings is 1. The summed E-state index contributed by atoms with van der Waals surface area (Å²) in [4.78, 5) is 33.2. The number of rotatable bonds is 9. The number of carbonyl (C=O) groups is 2. The number of benzene rings is 1. The fourth-order valence-electron chi connectivity index (χ4n) is 4.01. The van der Waals surface area contributed by atoms with Gasteiger partial charge in [0.05, 0.1) is 4.88 Å². The second-order valence-electron chi connectivity index (χ2n) is 8.89. The quantitative estimate of drug-likeness (QED) is 0.316. The van der Waals surface area contributed by atoms with Gasteiger partial charge in [-0.1, -0.05) is 6.07 Å². The Hall–Kier alpha value is -3.49. The van der Waals surface area contributed by atoms with Crippen molar-refractivity contribution in [1.82, 2.24) is 15.2 Å². The third-order valence-corrected chi connectivity index (χ3v) is 6.81. The van der Waals surface area contributed by atoms with Crippen LogP contribution in [0.4, 0.5) is 5.69 Å². The molecule has 0 aliphatic carbocycles. The highest BCUT2D eigenvalue weighted by molar-refractivity contribution is 7.20. The molecule has 2 amide bonds. The molecule has 0 bridgehead atoms. The lowest BCUT2D eigenvalue weighted by Crippen LogP contribution is -2.42. The Morgan fingerprint density at radius 2 is 1.74 bits per heavy atom. The van der Waals surface area contributed by atoms with Crippen molar-refractivity contribution >= 4 is 39.1 Å². The van der Waals surface area contributed by atoms with E-state index in [1.165, 1.54) is 11.3 Å². The summed E-state index contributed by atoms with van der Waals surface area (Å²) >= 11 is 1.36. The number of hydrogen-bond acceptors (Lipinski definition) is 6. The van der Waals surface area contributed by atoms with E-state index >= 15 is 0 Å². The first-order valence-corrected chi connectivity index (χ1v) is 12.5. The van der Waals surface area contributed by atoms with Crippen LogP contribution in [-0.4, -0.2) is 46.9 Å². The van der Waals surface area contributed by atoms with Crippen LogP contribution in [-0.2, 0) is 0 Å². The number of fused-ring (bicyclic) bond motifs is 1. The number of anilines is 1. The Morgan fingerprint density at radius 3 is 2.43 bits per heavy atom. The van der Waals surface area contributed by atoms with Crippen molar-refractivity contribution < 1.29 is 14.0 Å². The van der Waals surface area contributed by atoms with Crippen LogP contribution in [0, 0.1) is 0 Å². The average Bonchev–Trinajstić information content (AvgIpc) is 3.49. The molecule has 182 valence electrons. The predicted molar refractivity (Wildman–Crippen MR) is 141 cm³/mol. The van der Waals surface area contributed by atoms with Gasteiger partial charge in [0.1, 0.15) is 10.6 Å². The third-order valence-electron chi connectivity index (χ3n) is 5.76. The van der Waals surface area contributed by atoms with Crippen LogP contribution in [0.2, 0.25) is 0 Å². The van der Waals surface area contributed by atoms with Crippen molar-refractivity contribution in [3.63, 3.8) is 0 Å². The molecule has 8 heteroatoms.